The molecule has 2 nitrogen and oxygen atoms in total. The van der Waals surface area contributed by atoms with E-state index < -0.39 is 0 Å². The Labute approximate surface area is 66.9 Å². The SMILES string of the molecule is CC1(C)CC=C2N=CC=CN21. The molecular weight excluding hydrogens is 136 g/mol. The van der Waals surface area contributed by atoms with Crippen molar-refractivity contribution in [2.45, 2.75) is 25.8 Å². The predicted octanol–water partition coefficient (Wildman–Crippen LogP) is 1.91. The summed E-state index contributed by atoms with van der Waals surface area (Å²) in [7, 11) is 0. The molecule has 2 rings (SSSR count). The fourth-order valence-corrected chi connectivity index (χ4v) is 1.48. The van der Waals surface area contributed by atoms with Crippen LogP contribution in [0.5, 0.6) is 0 Å². The normalized spacial score (nSPS) is 25.3. The van der Waals surface area contributed by atoms with Gasteiger partial charge in [-0.25, -0.2) is 4.99 Å². The quantitative estimate of drug-likeness (QED) is 0.512. The zero-order valence-corrected chi connectivity index (χ0v) is 6.91. The zero-order chi connectivity index (χ0) is 7.90. The van der Waals surface area contributed by atoms with E-state index in [1.54, 1.807) is 0 Å². The summed E-state index contributed by atoms with van der Waals surface area (Å²) in [6, 6.07) is 0. The minimum atomic E-state index is 0.226. The second kappa shape index (κ2) is 1.97. The number of nitrogens with zero attached hydrogens (tertiary/aromatic N) is 2. The lowest BCUT2D eigenvalue weighted by Crippen LogP contribution is -2.34. The van der Waals surface area contributed by atoms with E-state index in [0.29, 0.717) is 0 Å². The molecule has 0 unspecified atom stereocenters. The standard InChI is InChI=1S/C9H12N2/c1-9(2)5-4-8-10-6-3-7-11(8)9/h3-4,6-7H,5H2,1-2H3. The van der Waals surface area contributed by atoms with Crippen LogP contribution < -0.4 is 0 Å². The predicted molar refractivity (Wildman–Crippen MR) is 46.3 cm³/mol. The maximum atomic E-state index is 4.26. The van der Waals surface area contributed by atoms with Crippen molar-refractivity contribution in [3.8, 4) is 0 Å². The first-order valence-corrected chi connectivity index (χ1v) is 3.90. The van der Waals surface area contributed by atoms with Crippen molar-refractivity contribution in [1.29, 1.82) is 0 Å². The van der Waals surface area contributed by atoms with E-state index in [2.05, 4.69) is 36.0 Å². The molecule has 0 fully saturated rings. The molecular formula is C9H12N2. The van der Waals surface area contributed by atoms with Crippen LogP contribution in [-0.2, 0) is 0 Å². The Kier molecular flexibility index (Phi) is 1.19. The Morgan fingerprint density at radius 1 is 1.55 bits per heavy atom. The van der Waals surface area contributed by atoms with E-state index in [9.17, 15) is 0 Å². The molecule has 0 saturated carbocycles. The first kappa shape index (κ1) is 6.65. The summed E-state index contributed by atoms with van der Waals surface area (Å²) in [5, 5.41) is 0. The average molecular weight is 148 g/mol. The van der Waals surface area contributed by atoms with E-state index in [-0.39, 0.29) is 5.54 Å². The summed E-state index contributed by atoms with van der Waals surface area (Å²) >= 11 is 0. The number of aliphatic imine (C=N–C) groups is 1. The smallest absolute Gasteiger partial charge is 0.128 e. The van der Waals surface area contributed by atoms with Crippen LogP contribution in [0.3, 0.4) is 0 Å². The molecule has 2 aliphatic heterocycles. The molecule has 58 valence electrons. The van der Waals surface area contributed by atoms with Gasteiger partial charge in [-0.15, -0.1) is 0 Å². The summed E-state index contributed by atoms with van der Waals surface area (Å²) in [6.07, 6.45) is 9.17. The molecule has 0 atom stereocenters. The molecule has 0 amide bonds. The lowest BCUT2D eigenvalue weighted by Gasteiger charge is -2.32. The Balaban J connectivity index is 2.35. The molecule has 0 saturated heterocycles. The average Bonchev–Trinajstić information content (AvgIpc) is 2.29. The van der Waals surface area contributed by atoms with Crippen LogP contribution in [0, 0.1) is 0 Å². The number of hydrogen-bond donors (Lipinski definition) is 0. The summed E-state index contributed by atoms with van der Waals surface area (Å²) in [4.78, 5) is 6.48. The summed E-state index contributed by atoms with van der Waals surface area (Å²) < 4.78 is 0. The van der Waals surface area contributed by atoms with E-state index in [4.69, 9.17) is 0 Å². The Bertz CT molecular complexity index is 259. The maximum absolute atomic E-state index is 4.26. The van der Waals surface area contributed by atoms with Gasteiger partial charge >= 0.3 is 0 Å². The molecule has 0 aromatic carbocycles. The van der Waals surface area contributed by atoms with Crippen molar-refractivity contribution in [2.75, 3.05) is 0 Å². The Morgan fingerprint density at radius 3 is 3.09 bits per heavy atom. The molecule has 0 N–H and O–H groups in total. The molecule has 0 spiro atoms. The summed E-state index contributed by atoms with van der Waals surface area (Å²) in [5.41, 5.74) is 0.226. The highest BCUT2D eigenvalue weighted by Crippen LogP contribution is 2.33. The van der Waals surface area contributed by atoms with Crippen molar-refractivity contribution in [3.05, 3.63) is 24.2 Å². The maximum Gasteiger partial charge on any atom is 0.128 e. The van der Waals surface area contributed by atoms with Gasteiger partial charge < -0.3 is 4.90 Å². The second-order valence-corrected chi connectivity index (χ2v) is 3.57. The molecule has 0 aliphatic carbocycles. The monoisotopic (exact) mass is 148 g/mol. The van der Waals surface area contributed by atoms with Gasteiger partial charge in [0.1, 0.15) is 5.82 Å². The van der Waals surface area contributed by atoms with Gasteiger partial charge in [-0.1, -0.05) is 0 Å². The number of fused-ring (bicyclic) bond motifs is 1. The van der Waals surface area contributed by atoms with Gasteiger partial charge in [0.05, 0.1) is 0 Å². The fourth-order valence-electron chi connectivity index (χ4n) is 1.48. The van der Waals surface area contributed by atoms with Gasteiger partial charge in [0, 0.05) is 18.0 Å². The van der Waals surface area contributed by atoms with E-state index >= 15 is 0 Å². The third-order valence-electron chi connectivity index (χ3n) is 2.21. The lowest BCUT2D eigenvalue weighted by atomic mass is 10.0. The highest BCUT2D eigenvalue weighted by atomic mass is 15.3. The number of rotatable bonds is 0. The Morgan fingerprint density at radius 2 is 2.36 bits per heavy atom. The van der Waals surface area contributed by atoms with Gasteiger partial charge in [-0.3, -0.25) is 0 Å². The minimum absolute atomic E-state index is 0.226. The summed E-state index contributed by atoms with van der Waals surface area (Å²) in [5.74, 6) is 1.09. The highest BCUT2D eigenvalue weighted by molar-refractivity contribution is 5.73. The third kappa shape index (κ3) is 0.897. The number of hydrogen-bond acceptors (Lipinski definition) is 2. The molecule has 2 heterocycles. The van der Waals surface area contributed by atoms with Gasteiger partial charge in [-0.2, -0.15) is 0 Å². The van der Waals surface area contributed by atoms with E-state index in [1.807, 2.05) is 12.3 Å². The van der Waals surface area contributed by atoms with Gasteiger partial charge in [-0.05, 0) is 32.4 Å². The largest absolute Gasteiger partial charge is 0.327 e. The molecule has 0 aromatic heterocycles. The zero-order valence-electron chi connectivity index (χ0n) is 6.91. The van der Waals surface area contributed by atoms with Gasteiger partial charge in [0.25, 0.3) is 0 Å². The molecule has 2 heteroatoms. The molecule has 0 bridgehead atoms. The second-order valence-electron chi connectivity index (χ2n) is 3.57. The van der Waals surface area contributed by atoms with Gasteiger partial charge in [0.2, 0.25) is 0 Å². The van der Waals surface area contributed by atoms with Crippen molar-refractivity contribution in [3.63, 3.8) is 0 Å². The molecule has 2 aliphatic rings. The topological polar surface area (TPSA) is 15.6 Å². The van der Waals surface area contributed by atoms with Crippen molar-refractivity contribution >= 4 is 6.21 Å². The third-order valence-corrected chi connectivity index (χ3v) is 2.21. The van der Waals surface area contributed by atoms with Crippen LogP contribution in [0.1, 0.15) is 20.3 Å². The molecule has 0 aromatic rings. The molecule has 0 radical (unpaired) electrons. The first-order valence-electron chi connectivity index (χ1n) is 3.90. The fraction of sp³-hybridized carbons (Fsp3) is 0.444. The van der Waals surface area contributed by atoms with Crippen LogP contribution in [0.25, 0.3) is 0 Å². The van der Waals surface area contributed by atoms with Crippen LogP contribution in [0.2, 0.25) is 0 Å². The Hall–Kier alpha value is -1.05. The van der Waals surface area contributed by atoms with Crippen LogP contribution >= 0.6 is 0 Å². The van der Waals surface area contributed by atoms with Crippen LogP contribution in [-0.4, -0.2) is 16.7 Å². The van der Waals surface area contributed by atoms with E-state index in [0.717, 1.165) is 12.2 Å². The minimum Gasteiger partial charge on any atom is -0.327 e. The van der Waals surface area contributed by atoms with Crippen molar-refractivity contribution < 1.29 is 0 Å². The summed E-state index contributed by atoms with van der Waals surface area (Å²) in [6.45, 7) is 4.45. The van der Waals surface area contributed by atoms with Crippen molar-refractivity contribution in [2.24, 2.45) is 4.99 Å². The van der Waals surface area contributed by atoms with Gasteiger partial charge in [0.15, 0.2) is 0 Å². The highest BCUT2D eigenvalue weighted by Gasteiger charge is 2.31. The molecule has 11 heavy (non-hydrogen) atoms. The number of allylic oxidation sites excluding steroid dienone is 1. The lowest BCUT2D eigenvalue weighted by molar-refractivity contribution is 0.261. The van der Waals surface area contributed by atoms with Crippen molar-refractivity contribution in [1.82, 2.24) is 4.90 Å². The van der Waals surface area contributed by atoms with Crippen LogP contribution in [0.4, 0.5) is 0 Å². The van der Waals surface area contributed by atoms with Crippen LogP contribution in [0.15, 0.2) is 29.2 Å². The first-order chi connectivity index (χ1) is 5.20. The van der Waals surface area contributed by atoms with E-state index in [1.165, 1.54) is 0 Å².